The molecular weight excluding hydrogens is 185 g/mol. The molecule has 0 aliphatic carbocycles. The minimum Gasteiger partial charge on any atom is -0.750 e. The van der Waals surface area contributed by atoms with Gasteiger partial charge >= 0.3 is 6.18 Å². The molecule has 2 atom stereocenters. The largest absolute Gasteiger partial charge is 0.750 e. The van der Waals surface area contributed by atoms with Crippen LogP contribution in [0, 0.1) is 0 Å². The number of rotatable bonds is 3. The molecule has 0 radical (unpaired) electrons. The van der Waals surface area contributed by atoms with Gasteiger partial charge in [0.15, 0.2) is 6.10 Å². The minimum absolute atomic E-state index is 0.419. The molecule has 0 saturated heterocycles. The Bertz CT molecular complexity index is 146. The highest BCUT2D eigenvalue weighted by Crippen LogP contribution is 2.25. The van der Waals surface area contributed by atoms with Gasteiger partial charge in [0.1, 0.15) is 0 Å². The van der Waals surface area contributed by atoms with Gasteiger partial charge in [-0.2, -0.15) is 13.2 Å². The second kappa shape index (κ2) is 4.03. The fourth-order valence-electron chi connectivity index (χ4n) is 0.449. The fraction of sp³-hybridized carbons (Fsp3) is 1.00. The topological polar surface area (TPSA) is 49.4 Å². The number of hydrogen-bond acceptors (Lipinski definition) is 3. The highest BCUT2D eigenvalue weighted by Gasteiger charge is 2.39. The number of halogens is 3. The van der Waals surface area contributed by atoms with Crippen LogP contribution >= 0.6 is 0 Å². The molecule has 0 spiro atoms. The fourth-order valence-corrected chi connectivity index (χ4v) is 0.884. The normalized spacial score (nSPS) is 17.9. The molecule has 68 valence electrons. The van der Waals surface area contributed by atoms with Crippen LogP contribution in [-0.4, -0.2) is 21.0 Å². The second-order valence-corrected chi connectivity index (χ2v) is 2.34. The molecule has 0 aromatic rings. The van der Waals surface area contributed by atoms with Crippen molar-refractivity contribution in [1.29, 1.82) is 0 Å². The third-order valence-corrected chi connectivity index (χ3v) is 1.32. The molecule has 0 aromatic carbocycles. The highest BCUT2D eigenvalue weighted by molar-refractivity contribution is 7.74. The Hall–Kier alpha value is -0.140. The molecule has 0 fully saturated rings. The van der Waals surface area contributed by atoms with Crippen molar-refractivity contribution in [2.24, 2.45) is 0 Å². The van der Waals surface area contributed by atoms with E-state index >= 15 is 0 Å². The van der Waals surface area contributed by atoms with Crippen LogP contribution in [0.1, 0.15) is 13.3 Å². The molecule has 3 nitrogen and oxygen atoms in total. The maximum Gasteiger partial charge on any atom is 0.415 e. The van der Waals surface area contributed by atoms with E-state index in [0.29, 0.717) is 0 Å². The molecule has 0 bridgehead atoms. The Morgan fingerprint density at radius 3 is 2.18 bits per heavy atom. The lowest BCUT2D eigenvalue weighted by Crippen LogP contribution is -2.31. The summed E-state index contributed by atoms with van der Waals surface area (Å²) in [5.41, 5.74) is 0. The third kappa shape index (κ3) is 4.33. The lowest BCUT2D eigenvalue weighted by atomic mass is 10.3. The van der Waals surface area contributed by atoms with Crippen molar-refractivity contribution in [3.05, 3.63) is 0 Å². The monoisotopic (exact) mass is 191 g/mol. The van der Waals surface area contributed by atoms with E-state index in [-0.39, 0.29) is 0 Å². The van der Waals surface area contributed by atoms with E-state index < -0.39 is 30.1 Å². The van der Waals surface area contributed by atoms with E-state index in [0.717, 1.165) is 0 Å². The van der Waals surface area contributed by atoms with Gasteiger partial charge in [0.05, 0.1) is 11.4 Å². The van der Waals surface area contributed by atoms with Gasteiger partial charge in [0.2, 0.25) is 0 Å². The van der Waals surface area contributed by atoms with Crippen molar-refractivity contribution in [3.8, 4) is 0 Å². The Kier molecular flexibility index (Phi) is 3.98. The minimum atomic E-state index is -4.62. The summed E-state index contributed by atoms with van der Waals surface area (Å²) in [6.07, 6.45) is -7.26. The first-order chi connectivity index (χ1) is 4.88. The van der Waals surface area contributed by atoms with E-state index in [1.165, 1.54) is 6.92 Å². The lowest BCUT2D eigenvalue weighted by Gasteiger charge is -2.19. The van der Waals surface area contributed by atoms with Gasteiger partial charge in [-0.15, -0.1) is 0 Å². The van der Waals surface area contributed by atoms with Gasteiger partial charge in [0, 0.05) is 0 Å². The lowest BCUT2D eigenvalue weighted by molar-refractivity contribution is -0.194. The zero-order chi connectivity index (χ0) is 9.07. The first-order valence-electron chi connectivity index (χ1n) is 2.71. The van der Waals surface area contributed by atoms with Crippen LogP contribution in [0.3, 0.4) is 0 Å². The SMILES string of the molecule is CCC(OS(=O)[O-])C(F)(F)F. The molecular formula is C4H6F3O3S-. The van der Waals surface area contributed by atoms with E-state index in [9.17, 15) is 21.9 Å². The molecule has 11 heavy (non-hydrogen) atoms. The van der Waals surface area contributed by atoms with Crippen molar-refractivity contribution in [2.75, 3.05) is 0 Å². The van der Waals surface area contributed by atoms with Gasteiger partial charge in [-0.05, 0) is 6.42 Å². The maximum absolute atomic E-state index is 11.7. The Labute approximate surface area is 64.0 Å². The molecule has 0 amide bonds. The molecule has 0 heterocycles. The van der Waals surface area contributed by atoms with Gasteiger partial charge in [-0.3, -0.25) is 4.18 Å². The van der Waals surface area contributed by atoms with E-state index in [1.54, 1.807) is 0 Å². The Balaban J connectivity index is 4.07. The van der Waals surface area contributed by atoms with Crippen LogP contribution in [0.15, 0.2) is 0 Å². The summed E-state index contributed by atoms with van der Waals surface area (Å²) in [7, 11) is 0. The number of hydrogen-bond donors (Lipinski definition) is 0. The first-order valence-corrected chi connectivity index (χ1v) is 3.71. The summed E-state index contributed by atoms with van der Waals surface area (Å²) in [5.74, 6) is 0. The van der Waals surface area contributed by atoms with Crippen LogP contribution in [0.4, 0.5) is 13.2 Å². The summed E-state index contributed by atoms with van der Waals surface area (Å²) < 4.78 is 58.0. The summed E-state index contributed by atoms with van der Waals surface area (Å²) in [6.45, 7) is 1.19. The molecule has 0 rings (SSSR count). The molecule has 0 aliphatic heterocycles. The van der Waals surface area contributed by atoms with Crippen molar-refractivity contribution in [2.45, 2.75) is 25.6 Å². The van der Waals surface area contributed by atoms with Gasteiger partial charge in [-0.25, -0.2) is 4.21 Å². The van der Waals surface area contributed by atoms with Crippen molar-refractivity contribution in [1.82, 2.24) is 0 Å². The maximum atomic E-state index is 11.7. The zero-order valence-electron chi connectivity index (χ0n) is 5.55. The van der Waals surface area contributed by atoms with Crippen LogP contribution in [0.5, 0.6) is 0 Å². The average molecular weight is 191 g/mol. The Morgan fingerprint density at radius 1 is 1.64 bits per heavy atom. The van der Waals surface area contributed by atoms with Crippen molar-refractivity contribution < 1.29 is 26.1 Å². The second-order valence-electron chi connectivity index (χ2n) is 1.74. The molecule has 0 N–H and O–H groups in total. The van der Waals surface area contributed by atoms with Crippen LogP contribution in [0.2, 0.25) is 0 Å². The molecule has 7 heteroatoms. The van der Waals surface area contributed by atoms with Gasteiger partial charge in [0.25, 0.3) is 0 Å². The smallest absolute Gasteiger partial charge is 0.415 e. The summed E-state index contributed by atoms with van der Waals surface area (Å²) in [5, 5.41) is 0. The third-order valence-electron chi connectivity index (χ3n) is 0.931. The van der Waals surface area contributed by atoms with E-state index in [4.69, 9.17) is 0 Å². The predicted molar refractivity (Wildman–Crippen MR) is 30.1 cm³/mol. The first kappa shape index (κ1) is 10.9. The molecule has 0 saturated carbocycles. The van der Waals surface area contributed by atoms with Crippen LogP contribution < -0.4 is 0 Å². The van der Waals surface area contributed by atoms with Crippen LogP contribution in [-0.2, 0) is 15.5 Å². The number of alkyl halides is 3. The highest BCUT2D eigenvalue weighted by atomic mass is 32.2. The molecule has 2 unspecified atom stereocenters. The van der Waals surface area contributed by atoms with Gasteiger partial charge in [-0.1, -0.05) is 6.92 Å². The van der Waals surface area contributed by atoms with E-state index in [2.05, 4.69) is 4.18 Å². The standard InChI is InChI=1S/C4H7F3O3S/c1-2-3(4(5,6)7)10-11(8)9/h3H,2H2,1H3,(H,8,9)/p-1. The quantitative estimate of drug-likeness (QED) is 0.628. The molecule has 0 aliphatic rings. The average Bonchev–Trinajstić information content (AvgIpc) is 1.79. The van der Waals surface area contributed by atoms with Crippen molar-refractivity contribution in [3.63, 3.8) is 0 Å². The Morgan fingerprint density at radius 2 is 2.09 bits per heavy atom. The molecule has 0 aromatic heterocycles. The summed E-state index contributed by atoms with van der Waals surface area (Å²) in [4.78, 5) is 0. The summed E-state index contributed by atoms with van der Waals surface area (Å²) >= 11 is -3.11. The van der Waals surface area contributed by atoms with Crippen LogP contribution in [0.25, 0.3) is 0 Å². The van der Waals surface area contributed by atoms with Gasteiger partial charge < -0.3 is 4.55 Å². The van der Waals surface area contributed by atoms with E-state index in [1.807, 2.05) is 0 Å². The predicted octanol–water partition coefficient (Wildman–Crippen LogP) is 1.14. The summed E-state index contributed by atoms with van der Waals surface area (Å²) in [6, 6.07) is 0. The zero-order valence-corrected chi connectivity index (χ0v) is 6.37. The van der Waals surface area contributed by atoms with Crippen molar-refractivity contribution >= 4 is 11.4 Å².